The van der Waals surface area contributed by atoms with E-state index < -0.39 is 0 Å². The lowest BCUT2D eigenvalue weighted by Gasteiger charge is -2.25. The normalized spacial score (nSPS) is 10.9. The molecule has 0 aliphatic heterocycles. The molecule has 0 radical (unpaired) electrons. The smallest absolute Gasteiger partial charge is 0.232 e. The zero-order valence-electron chi connectivity index (χ0n) is 16.9. The lowest BCUT2D eigenvalue weighted by molar-refractivity contribution is -0.130. The fourth-order valence-corrected chi connectivity index (χ4v) is 3.05. The summed E-state index contributed by atoms with van der Waals surface area (Å²) in [4.78, 5) is 16.3. The van der Waals surface area contributed by atoms with E-state index in [-0.39, 0.29) is 11.9 Å². The maximum atomic E-state index is 12.4. The van der Waals surface area contributed by atoms with Crippen LogP contribution in [0.25, 0.3) is 11.3 Å². The minimum absolute atomic E-state index is 0.0159. The third-order valence-corrected chi connectivity index (χ3v) is 4.92. The first-order valence-electron chi connectivity index (χ1n) is 9.53. The molecule has 28 heavy (non-hydrogen) atoms. The number of rotatable bonds is 7. The SMILES string of the molecule is CC(=O)N(Cc1ccccc1)Cc1c(-c2ccccc2)noc1N(C)C(C)C. The van der Waals surface area contributed by atoms with E-state index in [1.807, 2.05) is 72.6 Å². The van der Waals surface area contributed by atoms with Crippen LogP contribution in [0.1, 0.15) is 31.9 Å². The van der Waals surface area contributed by atoms with Crippen molar-refractivity contribution in [1.82, 2.24) is 10.1 Å². The predicted octanol–water partition coefficient (Wildman–Crippen LogP) is 4.73. The fourth-order valence-electron chi connectivity index (χ4n) is 3.05. The average Bonchev–Trinajstić information content (AvgIpc) is 3.11. The summed E-state index contributed by atoms with van der Waals surface area (Å²) in [6.07, 6.45) is 0. The molecule has 1 amide bonds. The highest BCUT2D eigenvalue weighted by atomic mass is 16.5. The summed E-state index contributed by atoms with van der Waals surface area (Å²) in [6.45, 7) is 6.78. The van der Waals surface area contributed by atoms with Crippen molar-refractivity contribution in [3.05, 3.63) is 71.8 Å². The predicted molar refractivity (Wildman–Crippen MR) is 112 cm³/mol. The van der Waals surface area contributed by atoms with E-state index in [1.54, 1.807) is 6.92 Å². The van der Waals surface area contributed by atoms with Gasteiger partial charge in [0.2, 0.25) is 11.8 Å². The first kappa shape index (κ1) is 19.7. The molecule has 3 rings (SSSR count). The van der Waals surface area contributed by atoms with E-state index >= 15 is 0 Å². The van der Waals surface area contributed by atoms with Crippen molar-refractivity contribution in [3.63, 3.8) is 0 Å². The molecule has 3 aromatic rings. The molecule has 0 unspecified atom stereocenters. The number of aromatic nitrogens is 1. The first-order chi connectivity index (χ1) is 13.5. The lowest BCUT2D eigenvalue weighted by atomic mass is 10.1. The average molecular weight is 377 g/mol. The van der Waals surface area contributed by atoms with Crippen LogP contribution in [0.2, 0.25) is 0 Å². The van der Waals surface area contributed by atoms with E-state index in [2.05, 4.69) is 23.9 Å². The molecule has 146 valence electrons. The molecule has 0 bridgehead atoms. The van der Waals surface area contributed by atoms with Gasteiger partial charge in [0.15, 0.2) is 0 Å². The second kappa shape index (κ2) is 8.74. The van der Waals surface area contributed by atoms with Gasteiger partial charge in [-0.15, -0.1) is 0 Å². The standard InChI is InChI=1S/C23H27N3O2/c1-17(2)25(4)23-21(22(24-28-23)20-13-9-6-10-14-20)16-26(18(3)27)15-19-11-7-5-8-12-19/h5-14,17H,15-16H2,1-4H3. The van der Waals surface area contributed by atoms with Crippen LogP contribution >= 0.6 is 0 Å². The minimum atomic E-state index is 0.0159. The van der Waals surface area contributed by atoms with Crippen molar-refractivity contribution in [3.8, 4) is 11.3 Å². The summed E-state index contributed by atoms with van der Waals surface area (Å²) in [5, 5.41) is 4.35. The highest BCUT2D eigenvalue weighted by Gasteiger charge is 2.25. The number of benzene rings is 2. The van der Waals surface area contributed by atoms with Gasteiger partial charge >= 0.3 is 0 Å². The van der Waals surface area contributed by atoms with Crippen LogP contribution in [0.4, 0.5) is 5.88 Å². The molecular weight excluding hydrogens is 350 g/mol. The Kier molecular flexibility index (Phi) is 6.14. The second-order valence-corrected chi connectivity index (χ2v) is 7.25. The van der Waals surface area contributed by atoms with E-state index in [9.17, 15) is 4.79 Å². The fraction of sp³-hybridized carbons (Fsp3) is 0.304. The molecule has 0 saturated carbocycles. The minimum Gasteiger partial charge on any atom is -0.341 e. The number of carbonyl (C=O) groups is 1. The van der Waals surface area contributed by atoms with E-state index in [0.29, 0.717) is 19.0 Å². The van der Waals surface area contributed by atoms with Gasteiger partial charge in [-0.05, 0) is 19.4 Å². The molecule has 0 spiro atoms. The van der Waals surface area contributed by atoms with Crippen LogP contribution in [-0.2, 0) is 17.9 Å². The Morgan fingerprint density at radius 2 is 1.61 bits per heavy atom. The number of anilines is 1. The third-order valence-electron chi connectivity index (χ3n) is 4.92. The van der Waals surface area contributed by atoms with Crippen LogP contribution in [0, 0.1) is 0 Å². The summed E-state index contributed by atoms with van der Waals surface area (Å²) >= 11 is 0. The molecule has 1 aromatic heterocycles. The molecule has 5 heteroatoms. The molecule has 0 saturated heterocycles. The number of hydrogen-bond acceptors (Lipinski definition) is 4. The van der Waals surface area contributed by atoms with Gasteiger partial charge in [-0.3, -0.25) is 4.79 Å². The summed E-state index contributed by atoms with van der Waals surface area (Å²) in [5.74, 6) is 0.718. The molecule has 2 aromatic carbocycles. The van der Waals surface area contributed by atoms with Crippen LogP contribution in [0.3, 0.4) is 0 Å². The largest absolute Gasteiger partial charge is 0.341 e. The summed E-state index contributed by atoms with van der Waals surface area (Å²) in [7, 11) is 1.98. The molecular formula is C23H27N3O2. The van der Waals surface area contributed by atoms with Crippen LogP contribution in [0.5, 0.6) is 0 Å². The molecule has 1 heterocycles. The second-order valence-electron chi connectivity index (χ2n) is 7.25. The molecule has 0 aliphatic rings. The van der Waals surface area contributed by atoms with Crippen LogP contribution < -0.4 is 4.90 Å². The monoisotopic (exact) mass is 377 g/mol. The molecule has 0 N–H and O–H groups in total. The van der Waals surface area contributed by atoms with Gasteiger partial charge in [-0.25, -0.2) is 0 Å². The molecule has 5 nitrogen and oxygen atoms in total. The number of carbonyl (C=O) groups excluding carboxylic acids is 1. The first-order valence-corrected chi connectivity index (χ1v) is 9.53. The summed E-state index contributed by atoms with van der Waals surface area (Å²) < 4.78 is 5.74. The molecule has 0 fully saturated rings. The van der Waals surface area contributed by atoms with E-state index in [4.69, 9.17) is 4.52 Å². The van der Waals surface area contributed by atoms with Gasteiger partial charge in [0, 0.05) is 32.1 Å². The Morgan fingerprint density at radius 3 is 2.18 bits per heavy atom. The third kappa shape index (κ3) is 4.42. The van der Waals surface area contributed by atoms with Crippen molar-refractivity contribution in [2.24, 2.45) is 0 Å². The van der Waals surface area contributed by atoms with Crippen molar-refractivity contribution in [2.45, 2.75) is 39.9 Å². The van der Waals surface area contributed by atoms with Crippen molar-refractivity contribution in [1.29, 1.82) is 0 Å². The topological polar surface area (TPSA) is 49.6 Å². The van der Waals surface area contributed by atoms with E-state index in [1.165, 1.54) is 0 Å². The van der Waals surface area contributed by atoms with Crippen LogP contribution in [0.15, 0.2) is 65.2 Å². The summed E-state index contributed by atoms with van der Waals surface area (Å²) in [6, 6.07) is 20.2. The van der Waals surface area contributed by atoms with Crippen molar-refractivity contribution >= 4 is 11.8 Å². The highest BCUT2D eigenvalue weighted by Crippen LogP contribution is 2.33. The Hall–Kier alpha value is -3.08. The zero-order chi connectivity index (χ0) is 20.1. The maximum Gasteiger partial charge on any atom is 0.232 e. The highest BCUT2D eigenvalue weighted by molar-refractivity contribution is 5.75. The number of nitrogens with zero attached hydrogens (tertiary/aromatic N) is 3. The summed E-state index contributed by atoms with van der Waals surface area (Å²) in [5.41, 5.74) is 3.78. The molecule has 0 aliphatic carbocycles. The lowest BCUT2D eigenvalue weighted by Crippen LogP contribution is -2.30. The van der Waals surface area contributed by atoms with Crippen LogP contribution in [-0.4, -0.2) is 29.1 Å². The van der Waals surface area contributed by atoms with E-state index in [0.717, 1.165) is 22.4 Å². The molecule has 0 atom stereocenters. The maximum absolute atomic E-state index is 12.4. The van der Waals surface area contributed by atoms with Gasteiger partial charge in [0.1, 0.15) is 5.69 Å². The van der Waals surface area contributed by atoms with Gasteiger partial charge < -0.3 is 14.3 Å². The van der Waals surface area contributed by atoms with Gasteiger partial charge in [-0.2, -0.15) is 0 Å². The van der Waals surface area contributed by atoms with Gasteiger partial charge in [0.05, 0.1) is 12.1 Å². The van der Waals surface area contributed by atoms with Crippen molar-refractivity contribution < 1.29 is 9.32 Å². The number of amides is 1. The Morgan fingerprint density at radius 1 is 1.00 bits per heavy atom. The number of hydrogen-bond donors (Lipinski definition) is 0. The van der Waals surface area contributed by atoms with Gasteiger partial charge in [0.25, 0.3) is 0 Å². The Bertz CT molecular complexity index is 904. The van der Waals surface area contributed by atoms with Crippen molar-refractivity contribution in [2.75, 3.05) is 11.9 Å². The quantitative estimate of drug-likeness (QED) is 0.597. The van der Waals surface area contributed by atoms with Gasteiger partial charge in [-0.1, -0.05) is 65.8 Å². The zero-order valence-corrected chi connectivity index (χ0v) is 16.9. The Labute approximate surface area is 166 Å². The Balaban J connectivity index is 1.99.